The maximum atomic E-state index is 5.75. The molecule has 2 N–H and O–H groups in total. The number of hydrogen-bond acceptors (Lipinski definition) is 5. The predicted octanol–water partition coefficient (Wildman–Crippen LogP) is 2.05. The van der Waals surface area contributed by atoms with Gasteiger partial charge in [-0.25, -0.2) is 0 Å². The molecule has 0 saturated carbocycles. The fourth-order valence-electron chi connectivity index (χ4n) is 2.01. The van der Waals surface area contributed by atoms with E-state index < -0.39 is 0 Å². The molecule has 6 heteroatoms. The summed E-state index contributed by atoms with van der Waals surface area (Å²) in [7, 11) is 0. The molecule has 0 aliphatic carbocycles. The highest BCUT2D eigenvalue weighted by Crippen LogP contribution is 2.30. The SMILES string of the molecule is CCOc1cc2c(N)noc2cc1Cn1cccn1. The van der Waals surface area contributed by atoms with Crippen LogP contribution in [0.25, 0.3) is 11.0 Å². The lowest BCUT2D eigenvalue weighted by Crippen LogP contribution is -2.03. The van der Waals surface area contributed by atoms with E-state index in [2.05, 4.69) is 10.3 Å². The van der Waals surface area contributed by atoms with E-state index >= 15 is 0 Å². The molecule has 6 nitrogen and oxygen atoms in total. The monoisotopic (exact) mass is 258 g/mol. The Hall–Kier alpha value is -2.50. The number of aromatic nitrogens is 3. The summed E-state index contributed by atoms with van der Waals surface area (Å²) < 4.78 is 12.7. The van der Waals surface area contributed by atoms with E-state index in [4.69, 9.17) is 15.0 Å². The van der Waals surface area contributed by atoms with Crippen LogP contribution in [0.5, 0.6) is 5.75 Å². The van der Waals surface area contributed by atoms with Crippen LogP contribution in [-0.4, -0.2) is 21.5 Å². The molecule has 0 amide bonds. The Balaban J connectivity index is 2.07. The first kappa shape index (κ1) is 11.6. The molecular formula is C13H14N4O2. The maximum absolute atomic E-state index is 5.75. The molecule has 2 heterocycles. The van der Waals surface area contributed by atoms with E-state index in [1.54, 1.807) is 6.20 Å². The Morgan fingerprint density at radius 1 is 1.42 bits per heavy atom. The molecule has 98 valence electrons. The summed E-state index contributed by atoms with van der Waals surface area (Å²) >= 11 is 0. The van der Waals surface area contributed by atoms with Crippen molar-refractivity contribution in [1.82, 2.24) is 14.9 Å². The van der Waals surface area contributed by atoms with Gasteiger partial charge in [0.2, 0.25) is 0 Å². The predicted molar refractivity (Wildman–Crippen MR) is 70.9 cm³/mol. The zero-order chi connectivity index (χ0) is 13.2. The van der Waals surface area contributed by atoms with Crippen LogP contribution in [0, 0.1) is 0 Å². The molecule has 1 aromatic carbocycles. The summed E-state index contributed by atoms with van der Waals surface area (Å²) in [6.45, 7) is 3.14. The lowest BCUT2D eigenvalue weighted by atomic mass is 10.1. The zero-order valence-electron chi connectivity index (χ0n) is 10.5. The number of ether oxygens (including phenoxy) is 1. The molecule has 0 unspecified atom stereocenters. The average molecular weight is 258 g/mol. The maximum Gasteiger partial charge on any atom is 0.174 e. The molecule has 0 fully saturated rings. The van der Waals surface area contributed by atoms with E-state index in [0.717, 1.165) is 16.7 Å². The molecule has 3 rings (SSSR count). The molecule has 0 aliphatic heterocycles. The van der Waals surface area contributed by atoms with Gasteiger partial charge in [0.1, 0.15) is 5.75 Å². The molecule has 0 aliphatic rings. The highest BCUT2D eigenvalue weighted by molar-refractivity contribution is 5.88. The molecule has 0 bridgehead atoms. The Kier molecular flexibility index (Phi) is 2.83. The molecule has 0 spiro atoms. The number of fused-ring (bicyclic) bond motifs is 1. The van der Waals surface area contributed by atoms with E-state index in [0.29, 0.717) is 24.6 Å². The van der Waals surface area contributed by atoms with Gasteiger partial charge in [-0.3, -0.25) is 4.68 Å². The molecular weight excluding hydrogens is 244 g/mol. The number of nitrogen functional groups attached to an aromatic ring is 1. The van der Waals surface area contributed by atoms with Crippen molar-refractivity contribution in [3.8, 4) is 5.75 Å². The second kappa shape index (κ2) is 4.64. The van der Waals surface area contributed by atoms with Gasteiger partial charge < -0.3 is 15.0 Å². The van der Waals surface area contributed by atoms with Crippen molar-refractivity contribution in [2.24, 2.45) is 0 Å². The first-order valence-electron chi connectivity index (χ1n) is 6.06. The van der Waals surface area contributed by atoms with E-state index in [1.165, 1.54) is 0 Å². The number of hydrogen-bond donors (Lipinski definition) is 1. The largest absolute Gasteiger partial charge is 0.493 e. The van der Waals surface area contributed by atoms with Gasteiger partial charge in [-0.15, -0.1) is 0 Å². The molecule has 19 heavy (non-hydrogen) atoms. The first-order chi connectivity index (χ1) is 9.28. The third-order valence-electron chi connectivity index (χ3n) is 2.87. The number of anilines is 1. The zero-order valence-corrected chi connectivity index (χ0v) is 10.5. The minimum absolute atomic E-state index is 0.376. The summed E-state index contributed by atoms with van der Waals surface area (Å²) in [5.41, 5.74) is 7.39. The van der Waals surface area contributed by atoms with Crippen LogP contribution in [0.1, 0.15) is 12.5 Å². The Morgan fingerprint density at radius 3 is 3.05 bits per heavy atom. The second-order valence-electron chi connectivity index (χ2n) is 4.16. The highest BCUT2D eigenvalue weighted by atomic mass is 16.5. The summed E-state index contributed by atoms with van der Waals surface area (Å²) in [6, 6.07) is 5.64. The quantitative estimate of drug-likeness (QED) is 0.774. The van der Waals surface area contributed by atoms with Crippen LogP contribution in [0.4, 0.5) is 5.82 Å². The first-order valence-corrected chi connectivity index (χ1v) is 6.06. The van der Waals surface area contributed by atoms with Crippen molar-refractivity contribution >= 4 is 16.8 Å². The lowest BCUT2D eigenvalue weighted by Gasteiger charge is -2.10. The van der Waals surface area contributed by atoms with Crippen molar-refractivity contribution in [3.63, 3.8) is 0 Å². The number of rotatable bonds is 4. The average Bonchev–Trinajstić information content (AvgIpc) is 3.02. The Labute approximate surface area is 109 Å². The van der Waals surface area contributed by atoms with Crippen molar-refractivity contribution in [3.05, 3.63) is 36.2 Å². The Bertz CT molecular complexity index is 688. The van der Waals surface area contributed by atoms with Crippen LogP contribution in [0.2, 0.25) is 0 Å². The van der Waals surface area contributed by atoms with Crippen molar-refractivity contribution in [2.75, 3.05) is 12.3 Å². The topological polar surface area (TPSA) is 79.1 Å². The molecule has 2 aromatic heterocycles. The standard InChI is InChI=1S/C13H14N4O2/c1-2-18-11-7-10-12(19-16-13(10)14)6-9(11)8-17-5-3-4-15-17/h3-7H,2,8H2,1H3,(H2,14,16). The smallest absolute Gasteiger partial charge is 0.174 e. The van der Waals surface area contributed by atoms with Gasteiger partial charge in [-0.2, -0.15) is 5.10 Å². The molecule has 0 atom stereocenters. The highest BCUT2D eigenvalue weighted by Gasteiger charge is 2.12. The molecule has 0 saturated heterocycles. The summed E-state index contributed by atoms with van der Waals surface area (Å²) in [5, 5.41) is 8.72. The molecule has 3 aromatic rings. The van der Waals surface area contributed by atoms with Gasteiger partial charge in [0.15, 0.2) is 11.4 Å². The minimum Gasteiger partial charge on any atom is -0.493 e. The van der Waals surface area contributed by atoms with Gasteiger partial charge in [0.05, 0.1) is 18.5 Å². The van der Waals surface area contributed by atoms with E-state index in [-0.39, 0.29) is 0 Å². The van der Waals surface area contributed by atoms with Crippen LogP contribution in [-0.2, 0) is 6.54 Å². The fourth-order valence-corrected chi connectivity index (χ4v) is 2.01. The van der Waals surface area contributed by atoms with E-state index in [1.807, 2.05) is 36.0 Å². The number of nitrogens with zero attached hydrogens (tertiary/aromatic N) is 3. The van der Waals surface area contributed by atoms with Crippen molar-refractivity contribution in [1.29, 1.82) is 0 Å². The summed E-state index contributed by atoms with van der Waals surface area (Å²) in [6.07, 6.45) is 3.64. The third kappa shape index (κ3) is 2.12. The van der Waals surface area contributed by atoms with Gasteiger partial charge >= 0.3 is 0 Å². The van der Waals surface area contributed by atoms with Crippen LogP contribution in [0.15, 0.2) is 35.1 Å². The third-order valence-corrected chi connectivity index (χ3v) is 2.87. The van der Waals surface area contributed by atoms with Crippen molar-refractivity contribution < 1.29 is 9.26 Å². The van der Waals surface area contributed by atoms with Crippen LogP contribution < -0.4 is 10.5 Å². The molecule has 0 radical (unpaired) electrons. The second-order valence-corrected chi connectivity index (χ2v) is 4.16. The van der Waals surface area contributed by atoms with Crippen LogP contribution in [0.3, 0.4) is 0 Å². The number of nitrogens with two attached hydrogens (primary N) is 1. The van der Waals surface area contributed by atoms with Gasteiger partial charge in [0.25, 0.3) is 0 Å². The summed E-state index contributed by atoms with van der Waals surface area (Å²) in [4.78, 5) is 0. The van der Waals surface area contributed by atoms with Gasteiger partial charge in [-0.05, 0) is 25.1 Å². The normalized spacial score (nSPS) is 11.0. The summed E-state index contributed by atoms with van der Waals surface area (Å²) in [5.74, 6) is 1.15. The van der Waals surface area contributed by atoms with Gasteiger partial charge in [0, 0.05) is 18.0 Å². The fraction of sp³-hybridized carbons (Fsp3) is 0.231. The van der Waals surface area contributed by atoms with Crippen LogP contribution >= 0.6 is 0 Å². The van der Waals surface area contributed by atoms with E-state index in [9.17, 15) is 0 Å². The van der Waals surface area contributed by atoms with Gasteiger partial charge in [-0.1, -0.05) is 5.16 Å². The van der Waals surface area contributed by atoms with Crippen molar-refractivity contribution in [2.45, 2.75) is 13.5 Å². The number of benzene rings is 1. The Morgan fingerprint density at radius 2 is 2.32 bits per heavy atom. The minimum atomic E-state index is 0.376. The lowest BCUT2D eigenvalue weighted by molar-refractivity contribution is 0.335.